The van der Waals surface area contributed by atoms with Crippen molar-refractivity contribution in [2.45, 2.75) is 225 Å². The number of allylic oxidation sites excluding steroid dienone is 4. The normalized spacial score (nSPS) is 19.0. The van der Waals surface area contributed by atoms with Gasteiger partial charge in [-0.1, -0.05) is 161 Å². The molecule has 0 aliphatic carbocycles. The molecule has 0 radical (unpaired) electrons. The van der Waals surface area contributed by atoms with Crippen molar-refractivity contribution < 1.29 is 4.79 Å². The van der Waals surface area contributed by atoms with Gasteiger partial charge in [0.15, 0.2) is 0 Å². The molecule has 270 valence electrons. The minimum Gasteiger partial charge on any atom is -0.308 e. The topological polar surface area (TPSA) is 49.6 Å². The first-order valence-electron chi connectivity index (χ1n) is 20.6. The monoisotopic (exact) mass is 644 g/mol. The molecule has 2 N–H and O–H groups in total. The molecule has 0 saturated carbocycles. The third-order valence-electron chi connectivity index (χ3n) is 10.3. The van der Waals surface area contributed by atoms with Crippen molar-refractivity contribution in [2.24, 2.45) is 5.73 Å². The van der Waals surface area contributed by atoms with Gasteiger partial charge in [0, 0.05) is 13.0 Å². The van der Waals surface area contributed by atoms with E-state index in [1.807, 2.05) is 0 Å². The third kappa shape index (κ3) is 21.0. The molecular weight excluding hydrogens is 562 g/mol. The second kappa shape index (κ2) is 30.0. The second-order valence-electron chi connectivity index (χ2n) is 14.7. The molecule has 1 aliphatic rings. The number of nitrogens with two attached hydrogens (primary N) is 1. The summed E-state index contributed by atoms with van der Waals surface area (Å²) in [6.07, 6.45) is 47.5. The number of rotatable bonds is 32. The Labute approximate surface area is 288 Å². The molecule has 4 nitrogen and oxygen atoms in total. The highest BCUT2D eigenvalue weighted by Crippen LogP contribution is 2.32. The maximum Gasteiger partial charge on any atom is 0.225 e. The molecule has 0 aromatic rings. The van der Waals surface area contributed by atoms with E-state index >= 15 is 0 Å². The van der Waals surface area contributed by atoms with Gasteiger partial charge in [-0.3, -0.25) is 9.69 Å². The Morgan fingerprint density at radius 2 is 0.957 bits per heavy atom. The van der Waals surface area contributed by atoms with E-state index in [1.165, 1.54) is 161 Å². The van der Waals surface area contributed by atoms with Gasteiger partial charge in [0.2, 0.25) is 5.91 Å². The highest BCUT2D eigenvalue weighted by Gasteiger charge is 2.47. The molecule has 1 heterocycles. The molecule has 1 rings (SSSR count). The molecule has 1 aliphatic heterocycles. The molecule has 1 saturated heterocycles. The molecule has 46 heavy (non-hydrogen) atoms. The number of carbonyl (C=O) groups excluding carboxylic acids is 1. The fourth-order valence-electron chi connectivity index (χ4n) is 7.20. The van der Waals surface area contributed by atoms with Gasteiger partial charge in [0.1, 0.15) is 5.66 Å². The van der Waals surface area contributed by atoms with Crippen molar-refractivity contribution in [1.29, 1.82) is 0 Å². The minimum atomic E-state index is -0.513. The summed E-state index contributed by atoms with van der Waals surface area (Å²) in [5.41, 5.74) is 6.34. The number of carbonyl (C=O) groups is 1. The lowest BCUT2D eigenvalue weighted by Gasteiger charge is -2.37. The fraction of sp³-hybridized carbons (Fsp3) is 0.881. The number of nitrogens with zero attached hydrogens (tertiary/aromatic N) is 2. The van der Waals surface area contributed by atoms with Crippen molar-refractivity contribution in [3.8, 4) is 0 Å². The van der Waals surface area contributed by atoms with Crippen molar-refractivity contribution >= 4 is 5.91 Å². The lowest BCUT2D eigenvalue weighted by molar-refractivity contribution is -0.139. The molecule has 0 bridgehead atoms. The van der Waals surface area contributed by atoms with Crippen LogP contribution in [0, 0.1) is 0 Å². The van der Waals surface area contributed by atoms with Crippen LogP contribution in [0.1, 0.15) is 213 Å². The van der Waals surface area contributed by atoms with E-state index in [9.17, 15) is 4.79 Å². The van der Waals surface area contributed by atoms with Crippen LogP contribution in [0.25, 0.3) is 0 Å². The van der Waals surface area contributed by atoms with Gasteiger partial charge in [-0.2, -0.15) is 0 Å². The Bertz CT molecular complexity index is 749. The van der Waals surface area contributed by atoms with Gasteiger partial charge < -0.3 is 10.6 Å². The van der Waals surface area contributed by atoms with Crippen LogP contribution in [-0.4, -0.2) is 41.1 Å². The first kappa shape index (κ1) is 42.9. The van der Waals surface area contributed by atoms with Crippen LogP contribution in [0.15, 0.2) is 24.3 Å². The minimum absolute atomic E-state index is 0.164. The molecule has 1 amide bonds. The highest BCUT2D eigenvalue weighted by molar-refractivity contribution is 5.77. The Hall–Kier alpha value is -1.13. The largest absolute Gasteiger partial charge is 0.308 e. The lowest BCUT2D eigenvalue weighted by atomic mass is 10.0. The van der Waals surface area contributed by atoms with Crippen LogP contribution in [0.5, 0.6) is 0 Å². The summed E-state index contributed by atoms with van der Waals surface area (Å²) in [7, 11) is 2.16. The Kier molecular flexibility index (Phi) is 27.9. The third-order valence-corrected chi connectivity index (χ3v) is 10.3. The SMILES string of the molecule is CCCCCCCC/C=C\CCCCCCCCC1N(C)CC(N)(CC)N1C(=O)CCCCCCC/C=C\CCCCCCCC. The summed E-state index contributed by atoms with van der Waals surface area (Å²) in [5, 5.41) is 0. The summed E-state index contributed by atoms with van der Waals surface area (Å²) in [5.74, 6) is 0.279. The zero-order chi connectivity index (χ0) is 33.6. The summed E-state index contributed by atoms with van der Waals surface area (Å²) >= 11 is 0. The first-order chi connectivity index (χ1) is 22.5. The van der Waals surface area contributed by atoms with Gasteiger partial charge in [-0.15, -0.1) is 0 Å². The molecule has 2 unspecified atom stereocenters. The van der Waals surface area contributed by atoms with Crippen molar-refractivity contribution in [3.05, 3.63) is 24.3 Å². The van der Waals surface area contributed by atoms with Gasteiger partial charge in [-0.25, -0.2) is 0 Å². The predicted octanol–water partition coefficient (Wildman–Crippen LogP) is 12.6. The molecule has 4 heteroatoms. The van der Waals surface area contributed by atoms with E-state index in [4.69, 9.17) is 5.73 Å². The van der Waals surface area contributed by atoms with Gasteiger partial charge in [0.25, 0.3) is 0 Å². The van der Waals surface area contributed by atoms with Gasteiger partial charge in [-0.05, 0) is 77.7 Å². The first-order valence-corrected chi connectivity index (χ1v) is 20.6. The van der Waals surface area contributed by atoms with E-state index in [0.717, 1.165) is 32.2 Å². The summed E-state index contributed by atoms with van der Waals surface area (Å²) in [4.78, 5) is 17.9. The number of amides is 1. The average molecular weight is 644 g/mol. The van der Waals surface area contributed by atoms with Crippen LogP contribution in [-0.2, 0) is 4.79 Å². The van der Waals surface area contributed by atoms with E-state index in [0.29, 0.717) is 6.42 Å². The van der Waals surface area contributed by atoms with Crippen molar-refractivity contribution in [1.82, 2.24) is 9.80 Å². The second-order valence-corrected chi connectivity index (χ2v) is 14.7. The quantitative estimate of drug-likeness (QED) is 0.0586. The highest BCUT2D eigenvalue weighted by atomic mass is 16.2. The number of unbranched alkanes of at least 4 members (excludes halogenated alkanes) is 23. The summed E-state index contributed by atoms with van der Waals surface area (Å²) < 4.78 is 0. The van der Waals surface area contributed by atoms with Crippen LogP contribution in [0.3, 0.4) is 0 Å². The standard InChI is InChI=1S/C42H81N3O/c1-5-8-10-12-14-16-18-20-22-24-25-27-29-31-33-35-37-40-44(4)39-42(43,7-3)45(40)41(46)38-36-34-32-30-28-26-23-21-19-17-15-13-11-9-6-2/h20-23,40H,5-19,24-39,43H2,1-4H3/b22-20-,23-21-. The molecule has 0 aromatic heterocycles. The number of hydrogen-bond donors (Lipinski definition) is 1. The molecule has 2 atom stereocenters. The lowest BCUT2D eigenvalue weighted by Crippen LogP contribution is -2.57. The van der Waals surface area contributed by atoms with Crippen LogP contribution in [0.2, 0.25) is 0 Å². The maximum absolute atomic E-state index is 13.5. The number of hydrogen-bond acceptors (Lipinski definition) is 3. The average Bonchev–Trinajstić information content (AvgIpc) is 3.31. The van der Waals surface area contributed by atoms with Gasteiger partial charge in [0.05, 0.1) is 6.17 Å². The van der Waals surface area contributed by atoms with Crippen LogP contribution in [0.4, 0.5) is 0 Å². The zero-order valence-electron chi connectivity index (χ0n) is 31.7. The zero-order valence-corrected chi connectivity index (χ0v) is 31.7. The van der Waals surface area contributed by atoms with Crippen LogP contribution >= 0.6 is 0 Å². The molecule has 0 aromatic carbocycles. The Morgan fingerprint density at radius 3 is 1.37 bits per heavy atom. The van der Waals surface area contributed by atoms with Crippen LogP contribution < -0.4 is 5.73 Å². The maximum atomic E-state index is 13.5. The fourth-order valence-corrected chi connectivity index (χ4v) is 7.20. The number of likely N-dealkylation sites (N-methyl/N-ethyl adjacent to an activating group) is 1. The summed E-state index contributed by atoms with van der Waals surface area (Å²) in [6.45, 7) is 7.50. The van der Waals surface area contributed by atoms with E-state index in [2.05, 4.69) is 61.9 Å². The predicted molar refractivity (Wildman–Crippen MR) is 204 cm³/mol. The van der Waals surface area contributed by atoms with Gasteiger partial charge >= 0.3 is 0 Å². The Balaban J connectivity index is 2.16. The smallest absolute Gasteiger partial charge is 0.225 e. The Morgan fingerprint density at radius 1 is 0.587 bits per heavy atom. The molecular formula is C42H81N3O. The van der Waals surface area contributed by atoms with E-state index < -0.39 is 5.66 Å². The van der Waals surface area contributed by atoms with Crippen molar-refractivity contribution in [3.63, 3.8) is 0 Å². The summed E-state index contributed by atoms with van der Waals surface area (Å²) in [6, 6.07) is 0. The van der Waals surface area contributed by atoms with Crippen molar-refractivity contribution in [2.75, 3.05) is 13.6 Å². The molecule has 0 spiro atoms. The molecule has 1 fully saturated rings. The van der Waals surface area contributed by atoms with E-state index in [-0.39, 0.29) is 12.1 Å². The van der Waals surface area contributed by atoms with E-state index in [1.54, 1.807) is 0 Å².